The smallest absolute Gasteiger partial charge is 0.342 e. The van der Waals surface area contributed by atoms with Gasteiger partial charge in [0.1, 0.15) is 5.82 Å². The Hall–Kier alpha value is -3.68. The molecule has 1 aromatic heterocycles. The predicted molar refractivity (Wildman–Crippen MR) is 124 cm³/mol. The number of benzene rings is 2. The van der Waals surface area contributed by atoms with E-state index in [9.17, 15) is 14.4 Å². The van der Waals surface area contributed by atoms with Gasteiger partial charge in [-0.3, -0.25) is 9.59 Å². The average molecular weight is 446 g/mol. The van der Waals surface area contributed by atoms with Crippen LogP contribution < -0.4 is 10.6 Å². The summed E-state index contributed by atoms with van der Waals surface area (Å²) in [4.78, 5) is 42.3. The first-order valence-corrected chi connectivity index (χ1v) is 11.4. The first kappa shape index (κ1) is 21.2. The summed E-state index contributed by atoms with van der Waals surface area (Å²) >= 11 is 0. The van der Waals surface area contributed by atoms with Crippen molar-refractivity contribution in [1.29, 1.82) is 0 Å². The van der Waals surface area contributed by atoms with Crippen LogP contribution in [0.1, 0.15) is 31.0 Å². The molecule has 2 amide bonds. The molecule has 2 fully saturated rings. The molecule has 0 radical (unpaired) electrons. The molecule has 3 aromatic rings. The number of piperidine rings is 1. The van der Waals surface area contributed by atoms with Gasteiger partial charge in [0.25, 0.3) is 0 Å². The zero-order valence-corrected chi connectivity index (χ0v) is 18.6. The third-order valence-electron chi connectivity index (χ3n) is 6.60. The Morgan fingerprint density at radius 3 is 2.30 bits per heavy atom. The number of carbonyl (C=O) groups is 2. The van der Waals surface area contributed by atoms with Crippen LogP contribution in [0.4, 0.5) is 5.69 Å². The number of hydrogen-bond acceptors (Lipinski definition) is 4. The molecular weight excluding hydrogens is 418 g/mol. The maximum absolute atomic E-state index is 13.4. The second-order valence-corrected chi connectivity index (χ2v) is 8.80. The van der Waals surface area contributed by atoms with Crippen molar-refractivity contribution >= 4 is 17.5 Å². The maximum Gasteiger partial charge on any atom is 0.350 e. The maximum atomic E-state index is 13.4. The number of likely N-dealkylation sites (tertiary alicyclic amines) is 1. The number of carbonyl (C=O) groups excluding carboxylic acids is 2. The van der Waals surface area contributed by atoms with Crippen LogP contribution in [0.5, 0.6) is 0 Å². The molecule has 0 saturated carbocycles. The van der Waals surface area contributed by atoms with E-state index >= 15 is 0 Å². The number of rotatable bonds is 4. The van der Waals surface area contributed by atoms with Crippen LogP contribution in [0.15, 0.2) is 65.5 Å². The van der Waals surface area contributed by atoms with Crippen LogP contribution in [0.25, 0.3) is 5.69 Å². The zero-order chi connectivity index (χ0) is 22.9. The summed E-state index contributed by atoms with van der Waals surface area (Å²) in [5, 5.41) is 4.53. The van der Waals surface area contributed by atoms with Crippen molar-refractivity contribution in [3.05, 3.63) is 77.0 Å². The van der Waals surface area contributed by atoms with E-state index < -0.39 is 0 Å². The Labute approximate surface area is 192 Å². The van der Waals surface area contributed by atoms with Crippen LogP contribution in [0, 0.1) is 5.92 Å². The minimum absolute atomic E-state index is 0.0102. The van der Waals surface area contributed by atoms with Gasteiger partial charge >= 0.3 is 5.69 Å². The monoisotopic (exact) mass is 445 g/mol. The van der Waals surface area contributed by atoms with Crippen molar-refractivity contribution in [2.75, 3.05) is 24.5 Å². The lowest BCUT2D eigenvalue weighted by Gasteiger charge is -2.33. The standard InChI is InChI=1S/C25H27N5O3/c1-27-25(33)30(21-12-6-3-7-13-21)23(26-27)18-9-8-14-28(16-18)24(32)19-15-22(31)29(17-19)20-10-4-2-5-11-20/h2-7,10-13,18-19H,8-9,14-17H2,1H3. The van der Waals surface area contributed by atoms with Crippen molar-refractivity contribution in [3.63, 3.8) is 0 Å². The second-order valence-electron chi connectivity index (χ2n) is 8.80. The molecule has 5 rings (SSSR count). The number of nitrogens with zero attached hydrogens (tertiary/aromatic N) is 5. The van der Waals surface area contributed by atoms with E-state index in [0.717, 1.165) is 24.2 Å². The SMILES string of the molecule is Cn1nc(C2CCCN(C(=O)C3CC(=O)N(c4ccccc4)C3)C2)n(-c2ccccc2)c1=O. The first-order valence-electron chi connectivity index (χ1n) is 11.4. The third kappa shape index (κ3) is 3.97. The molecule has 2 aliphatic heterocycles. The lowest BCUT2D eigenvalue weighted by molar-refractivity contribution is -0.137. The van der Waals surface area contributed by atoms with E-state index in [1.807, 2.05) is 65.6 Å². The molecular formula is C25H27N5O3. The Morgan fingerprint density at radius 1 is 0.939 bits per heavy atom. The van der Waals surface area contributed by atoms with Crippen molar-refractivity contribution in [2.45, 2.75) is 25.2 Å². The Kier molecular flexibility index (Phi) is 5.58. The highest BCUT2D eigenvalue weighted by Gasteiger charge is 2.39. The van der Waals surface area contributed by atoms with Gasteiger partial charge in [0.2, 0.25) is 11.8 Å². The Bertz CT molecular complexity index is 1220. The Balaban J connectivity index is 1.35. The van der Waals surface area contributed by atoms with Gasteiger partial charge in [-0.1, -0.05) is 36.4 Å². The van der Waals surface area contributed by atoms with Crippen molar-refractivity contribution in [3.8, 4) is 5.69 Å². The number of aryl methyl sites for hydroxylation is 1. The summed E-state index contributed by atoms with van der Waals surface area (Å²) in [5.74, 6) is 0.280. The molecule has 2 aromatic carbocycles. The van der Waals surface area contributed by atoms with E-state index in [0.29, 0.717) is 25.5 Å². The number of para-hydroxylation sites is 2. The van der Waals surface area contributed by atoms with Gasteiger partial charge in [-0.2, -0.15) is 5.10 Å². The lowest BCUT2D eigenvalue weighted by Crippen LogP contribution is -2.43. The van der Waals surface area contributed by atoms with Crippen LogP contribution in [-0.4, -0.2) is 50.7 Å². The number of anilines is 1. The number of aromatic nitrogens is 3. The van der Waals surface area contributed by atoms with Crippen molar-refractivity contribution < 1.29 is 9.59 Å². The van der Waals surface area contributed by atoms with Gasteiger partial charge in [-0.15, -0.1) is 0 Å². The molecule has 0 spiro atoms. The van der Waals surface area contributed by atoms with Crippen LogP contribution >= 0.6 is 0 Å². The summed E-state index contributed by atoms with van der Waals surface area (Å²) in [6.45, 7) is 1.56. The summed E-state index contributed by atoms with van der Waals surface area (Å²) in [6.07, 6.45) is 1.92. The molecule has 170 valence electrons. The highest BCUT2D eigenvalue weighted by molar-refractivity contribution is 6.00. The first-order chi connectivity index (χ1) is 16.0. The van der Waals surface area contributed by atoms with E-state index in [1.54, 1.807) is 16.5 Å². The molecule has 2 atom stereocenters. The highest BCUT2D eigenvalue weighted by Crippen LogP contribution is 2.30. The fourth-order valence-electron chi connectivity index (χ4n) is 4.94. The highest BCUT2D eigenvalue weighted by atomic mass is 16.2. The Morgan fingerprint density at radius 2 is 1.61 bits per heavy atom. The average Bonchev–Trinajstić information content (AvgIpc) is 3.39. The molecule has 2 aliphatic rings. The summed E-state index contributed by atoms with van der Waals surface area (Å²) in [7, 11) is 1.65. The van der Waals surface area contributed by atoms with E-state index in [-0.39, 0.29) is 35.8 Å². The summed E-state index contributed by atoms with van der Waals surface area (Å²) < 4.78 is 3.01. The van der Waals surface area contributed by atoms with Gasteiger partial charge < -0.3 is 9.80 Å². The van der Waals surface area contributed by atoms with Crippen LogP contribution in [0.3, 0.4) is 0 Å². The summed E-state index contributed by atoms with van der Waals surface area (Å²) in [6, 6.07) is 19.0. The van der Waals surface area contributed by atoms with Gasteiger partial charge in [-0.25, -0.2) is 14.0 Å². The summed E-state index contributed by atoms with van der Waals surface area (Å²) in [5.41, 5.74) is 1.41. The van der Waals surface area contributed by atoms with Gasteiger partial charge in [0, 0.05) is 44.7 Å². The fraction of sp³-hybridized carbons (Fsp3) is 0.360. The molecule has 0 bridgehead atoms. The van der Waals surface area contributed by atoms with Gasteiger partial charge in [0.05, 0.1) is 11.6 Å². The molecule has 2 unspecified atom stereocenters. The number of hydrogen-bond donors (Lipinski definition) is 0. The van der Waals surface area contributed by atoms with Crippen LogP contribution in [-0.2, 0) is 16.6 Å². The minimum Gasteiger partial charge on any atom is -0.342 e. The molecule has 0 N–H and O–H groups in total. The molecule has 2 saturated heterocycles. The normalized spacial score (nSPS) is 20.9. The molecule has 8 nitrogen and oxygen atoms in total. The molecule has 8 heteroatoms. The number of amides is 2. The second kappa shape index (κ2) is 8.69. The minimum atomic E-state index is -0.350. The van der Waals surface area contributed by atoms with E-state index in [4.69, 9.17) is 0 Å². The quantitative estimate of drug-likeness (QED) is 0.617. The van der Waals surface area contributed by atoms with Gasteiger partial charge in [-0.05, 0) is 37.1 Å². The molecule has 0 aliphatic carbocycles. The zero-order valence-electron chi connectivity index (χ0n) is 18.6. The molecule has 3 heterocycles. The predicted octanol–water partition coefficient (Wildman–Crippen LogP) is 2.33. The topological polar surface area (TPSA) is 80.4 Å². The van der Waals surface area contributed by atoms with Crippen molar-refractivity contribution in [1.82, 2.24) is 19.2 Å². The van der Waals surface area contributed by atoms with Gasteiger partial charge in [0.15, 0.2) is 0 Å². The third-order valence-corrected chi connectivity index (χ3v) is 6.60. The van der Waals surface area contributed by atoms with E-state index in [1.165, 1.54) is 4.68 Å². The van der Waals surface area contributed by atoms with E-state index in [2.05, 4.69) is 5.10 Å². The lowest BCUT2D eigenvalue weighted by atomic mass is 9.95. The molecule has 33 heavy (non-hydrogen) atoms. The van der Waals surface area contributed by atoms with Crippen LogP contribution in [0.2, 0.25) is 0 Å². The van der Waals surface area contributed by atoms with Crippen molar-refractivity contribution in [2.24, 2.45) is 13.0 Å². The largest absolute Gasteiger partial charge is 0.350 e. The fourth-order valence-corrected chi connectivity index (χ4v) is 4.94.